The highest BCUT2D eigenvalue weighted by Crippen LogP contribution is 2.37. The van der Waals surface area contributed by atoms with Gasteiger partial charge in [-0.2, -0.15) is 13.2 Å². The van der Waals surface area contributed by atoms with Crippen LogP contribution in [0.15, 0.2) is 30.3 Å². The minimum atomic E-state index is -4.04. The fourth-order valence-electron chi connectivity index (χ4n) is 3.07. The molecule has 1 saturated carbocycles. The summed E-state index contributed by atoms with van der Waals surface area (Å²) in [5, 5.41) is 3.37. The quantitative estimate of drug-likeness (QED) is 0.868. The van der Waals surface area contributed by atoms with Gasteiger partial charge in [-0.15, -0.1) is 0 Å². The van der Waals surface area contributed by atoms with E-state index in [-0.39, 0.29) is 24.9 Å². The van der Waals surface area contributed by atoms with Crippen molar-refractivity contribution < 1.29 is 13.2 Å². The molecule has 0 heterocycles. The Kier molecular flexibility index (Phi) is 5.08. The van der Waals surface area contributed by atoms with Crippen LogP contribution in [0.4, 0.5) is 13.2 Å². The smallest absolute Gasteiger partial charge is 0.311 e. The van der Waals surface area contributed by atoms with Gasteiger partial charge in [-0.3, -0.25) is 0 Å². The third kappa shape index (κ3) is 4.51. The Morgan fingerprint density at radius 2 is 1.90 bits per heavy atom. The van der Waals surface area contributed by atoms with E-state index in [9.17, 15) is 13.2 Å². The molecule has 3 unspecified atom stereocenters. The standard InChI is InChI=1S/C16H22F3N/c1-12(10-13-6-3-2-4-7-13)20-15-9-5-8-14(11-15)16(17,18)19/h2-4,6-7,12,14-15,20H,5,8-11H2,1H3. The van der Waals surface area contributed by atoms with Crippen molar-refractivity contribution in [1.82, 2.24) is 5.32 Å². The lowest BCUT2D eigenvalue weighted by Crippen LogP contribution is -2.43. The second kappa shape index (κ2) is 6.61. The van der Waals surface area contributed by atoms with Crippen LogP contribution in [0.2, 0.25) is 0 Å². The van der Waals surface area contributed by atoms with E-state index in [1.165, 1.54) is 5.56 Å². The molecule has 0 bridgehead atoms. The van der Waals surface area contributed by atoms with Crippen molar-refractivity contribution >= 4 is 0 Å². The van der Waals surface area contributed by atoms with Crippen LogP contribution in [-0.2, 0) is 6.42 Å². The number of alkyl halides is 3. The Bertz CT molecular complexity index is 402. The van der Waals surface area contributed by atoms with Gasteiger partial charge < -0.3 is 5.32 Å². The van der Waals surface area contributed by atoms with Gasteiger partial charge in [-0.05, 0) is 38.2 Å². The topological polar surface area (TPSA) is 12.0 Å². The Hall–Kier alpha value is -1.03. The van der Waals surface area contributed by atoms with Crippen molar-refractivity contribution in [3.8, 4) is 0 Å². The normalized spacial score (nSPS) is 25.4. The number of benzene rings is 1. The minimum absolute atomic E-state index is 0.00547. The first-order valence-electron chi connectivity index (χ1n) is 7.32. The summed E-state index contributed by atoms with van der Waals surface area (Å²) in [5.74, 6) is -1.13. The molecule has 1 nitrogen and oxygen atoms in total. The first-order chi connectivity index (χ1) is 9.45. The second-order valence-electron chi connectivity index (χ2n) is 5.86. The average molecular weight is 285 g/mol. The van der Waals surface area contributed by atoms with Crippen molar-refractivity contribution in [1.29, 1.82) is 0 Å². The zero-order valence-electron chi connectivity index (χ0n) is 11.8. The van der Waals surface area contributed by atoms with Crippen LogP contribution in [0.25, 0.3) is 0 Å². The van der Waals surface area contributed by atoms with Crippen LogP contribution < -0.4 is 5.32 Å². The van der Waals surface area contributed by atoms with Crippen LogP contribution in [-0.4, -0.2) is 18.3 Å². The molecular formula is C16H22F3N. The Morgan fingerprint density at radius 3 is 2.55 bits per heavy atom. The zero-order valence-corrected chi connectivity index (χ0v) is 11.8. The van der Waals surface area contributed by atoms with Gasteiger partial charge in [0.2, 0.25) is 0 Å². The summed E-state index contributed by atoms with van der Waals surface area (Å²) in [6.45, 7) is 2.05. The molecule has 0 amide bonds. The minimum Gasteiger partial charge on any atom is -0.311 e. The molecule has 1 N–H and O–H groups in total. The number of hydrogen-bond donors (Lipinski definition) is 1. The molecule has 0 saturated heterocycles. The van der Waals surface area contributed by atoms with E-state index >= 15 is 0 Å². The molecule has 1 aliphatic carbocycles. The van der Waals surface area contributed by atoms with E-state index in [1.807, 2.05) is 25.1 Å². The van der Waals surface area contributed by atoms with Crippen molar-refractivity contribution in [2.24, 2.45) is 5.92 Å². The van der Waals surface area contributed by atoms with Gasteiger partial charge in [0.25, 0.3) is 0 Å². The molecule has 0 radical (unpaired) electrons. The van der Waals surface area contributed by atoms with Gasteiger partial charge in [-0.25, -0.2) is 0 Å². The van der Waals surface area contributed by atoms with Crippen LogP contribution in [0.3, 0.4) is 0 Å². The molecule has 1 aromatic rings. The molecule has 3 atom stereocenters. The maximum atomic E-state index is 12.8. The van der Waals surface area contributed by atoms with Crippen molar-refractivity contribution in [3.63, 3.8) is 0 Å². The Labute approximate surface area is 118 Å². The summed E-state index contributed by atoms with van der Waals surface area (Å²) in [6, 6.07) is 10.2. The van der Waals surface area contributed by atoms with Gasteiger partial charge in [0.05, 0.1) is 5.92 Å². The predicted octanol–water partition coefficient (Wildman–Crippen LogP) is 4.33. The third-order valence-corrected chi connectivity index (χ3v) is 4.04. The van der Waals surface area contributed by atoms with Crippen LogP contribution >= 0.6 is 0 Å². The fraction of sp³-hybridized carbons (Fsp3) is 0.625. The molecule has 1 fully saturated rings. The molecule has 1 aliphatic rings. The van der Waals surface area contributed by atoms with E-state index in [4.69, 9.17) is 0 Å². The Balaban J connectivity index is 1.83. The first-order valence-corrected chi connectivity index (χ1v) is 7.32. The van der Waals surface area contributed by atoms with Crippen LogP contribution in [0.1, 0.15) is 38.2 Å². The summed E-state index contributed by atoms with van der Waals surface area (Å²) in [5.41, 5.74) is 1.22. The average Bonchev–Trinajstić information content (AvgIpc) is 2.39. The highest BCUT2D eigenvalue weighted by molar-refractivity contribution is 5.15. The summed E-state index contributed by atoms with van der Waals surface area (Å²) in [7, 11) is 0. The zero-order chi connectivity index (χ0) is 14.6. The molecule has 2 rings (SSSR count). The lowest BCUT2D eigenvalue weighted by atomic mass is 9.85. The molecule has 1 aromatic carbocycles. The monoisotopic (exact) mass is 285 g/mol. The molecule has 112 valence electrons. The lowest BCUT2D eigenvalue weighted by molar-refractivity contribution is -0.183. The number of nitrogens with one attached hydrogen (secondary N) is 1. The van der Waals surface area contributed by atoms with E-state index < -0.39 is 12.1 Å². The molecule has 20 heavy (non-hydrogen) atoms. The van der Waals surface area contributed by atoms with Gasteiger partial charge in [-0.1, -0.05) is 36.8 Å². The Morgan fingerprint density at radius 1 is 1.20 bits per heavy atom. The molecule has 0 aliphatic heterocycles. The highest BCUT2D eigenvalue weighted by Gasteiger charge is 2.42. The van der Waals surface area contributed by atoms with E-state index in [0.29, 0.717) is 6.42 Å². The van der Waals surface area contributed by atoms with E-state index in [2.05, 4.69) is 17.4 Å². The van der Waals surface area contributed by atoms with Crippen LogP contribution in [0.5, 0.6) is 0 Å². The second-order valence-corrected chi connectivity index (χ2v) is 5.86. The maximum Gasteiger partial charge on any atom is 0.391 e. The molecular weight excluding hydrogens is 263 g/mol. The summed E-state index contributed by atoms with van der Waals surface area (Å²) < 4.78 is 38.3. The van der Waals surface area contributed by atoms with E-state index in [1.54, 1.807) is 0 Å². The number of hydrogen-bond acceptors (Lipinski definition) is 1. The van der Waals surface area contributed by atoms with Crippen molar-refractivity contribution in [2.75, 3.05) is 0 Å². The first kappa shape index (κ1) is 15.4. The van der Waals surface area contributed by atoms with Gasteiger partial charge >= 0.3 is 6.18 Å². The lowest BCUT2D eigenvalue weighted by Gasteiger charge is -2.33. The SMILES string of the molecule is CC(Cc1ccccc1)NC1CCCC(C(F)(F)F)C1. The van der Waals surface area contributed by atoms with Crippen molar-refractivity contribution in [2.45, 2.75) is 57.3 Å². The molecule has 4 heteroatoms. The predicted molar refractivity (Wildman–Crippen MR) is 74.5 cm³/mol. The molecule has 0 spiro atoms. The van der Waals surface area contributed by atoms with E-state index in [0.717, 1.165) is 12.8 Å². The highest BCUT2D eigenvalue weighted by atomic mass is 19.4. The van der Waals surface area contributed by atoms with Gasteiger partial charge in [0.15, 0.2) is 0 Å². The van der Waals surface area contributed by atoms with Gasteiger partial charge in [0, 0.05) is 12.1 Å². The summed E-state index contributed by atoms with van der Waals surface area (Å²) in [4.78, 5) is 0. The van der Waals surface area contributed by atoms with Crippen LogP contribution in [0, 0.1) is 5.92 Å². The maximum absolute atomic E-state index is 12.8. The largest absolute Gasteiger partial charge is 0.391 e. The summed E-state index contributed by atoms with van der Waals surface area (Å²) in [6.07, 6.45) is -1.15. The fourth-order valence-corrected chi connectivity index (χ4v) is 3.07. The molecule has 0 aromatic heterocycles. The number of rotatable bonds is 4. The summed E-state index contributed by atoms with van der Waals surface area (Å²) >= 11 is 0. The van der Waals surface area contributed by atoms with Gasteiger partial charge in [0.1, 0.15) is 0 Å². The number of halogens is 3. The van der Waals surface area contributed by atoms with Crippen molar-refractivity contribution in [3.05, 3.63) is 35.9 Å². The third-order valence-electron chi connectivity index (χ3n) is 4.04.